The number of carbonyl (C=O) groups excluding carboxylic acids is 1. The smallest absolute Gasteiger partial charge is 0.116 e. The molecule has 0 amide bonds. The summed E-state index contributed by atoms with van der Waals surface area (Å²) in [7, 11) is 0. The number of hydrogen-bond donors (Lipinski definition) is 0. The minimum absolute atomic E-state index is 0.667. The normalized spacial score (nSPS) is 6.00. The van der Waals surface area contributed by atoms with E-state index < -0.39 is 4.45 Å². The molecule has 3 heteroatoms. The van der Waals surface area contributed by atoms with Crippen molar-refractivity contribution in [3.63, 3.8) is 0 Å². The summed E-state index contributed by atoms with van der Waals surface area (Å²) >= 11 is 7.59. The summed E-state index contributed by atoms with van der Waals surface area (Å²) in [6.07, 6.45) is 0. The summed E-state index contributed by atoms with van der Waals surface area (Å²) in [5.41, 5.74) is 0. The largest absolute Gasteiger partial charge is 0.767 e. The van der Waals surface area contributed by atoms with Crippen LogP contribution in [-0.2, 0) is 25.3 Å². The molecule has 0 radical (unpaired) electrons. The zero-order chi connectivity index (χ0) is 3.58. The van der Waals surface area contributed by atoms with Crippen molar-refractivity contribution in [1.82, 2.24) is 0 Å². The summed E-state index contributed by atoms with van der Waals surface area (Å²) in [4.78, 5) is 9.07. The molecule has 0 aromatic rings. The van der Waals surface area contributed by atoms with Crippen molar-refractivity contribution in [3.8, 4) is 0 Å². The Morgan fingerprint density at radius 3 is 1.50 bits per heavy atom. The molecule has 0 aromatic heterocycles. The lowest BCUT2D eigenvalue weighted by atomic mass is 11.8. The summed E-state index contributed by atoms with van der Waals surface area (Å²) in [5.74, 6) is 0. The van der Waals surface area contributed by atoms with Crippen LogP contribution in [0.1, 0.15) is 0 Å². The van der Waals surface area contributed by atoms with Crippen LogP contribution in [0.15, 0.2) is 0 Å². The van der Waals surface area contributed by atoms with Gasteiger partial charge in [-0.2, -0.15) is 0 Å². The first kappa shape index (κ1) is 4.11. The third kappa shape index (κ3) is 215. The van der Waals surface area contributed by atoms with Crippen LogP contribution in [0.3, 0.4) is 0 Å². The lowest BCUT2D eigenvalue weighted by molar-refractivity contribution is 0.277. The average molecular weight is 92.1 g/mol. The molecule has 1 nitrogen and oxygen atoms in total. The van der Waals surface area contributed by atoms with Gasteiger partial charge in [-0.25, -0.2) is 0 Å². The van der Waals surface area contributed by atoms with E-state index in [9.17, 15) is 0 Å². The van der Waals surface area contributed by atoms with Gasteiger partial charge >= 0.3 is 0 Å². The van der Waals surface area contributed by atoms with Crippen LogP contribution in [-0.4, -0.2) is 4.45 Å². The molecule has 0 saturated carbocycles. The van der Waals surface area contributed by atoms with Gasteiger partial charge in [-0.05, 0) is 0 Å². The molecular formula is COS2-2. The molecular weight excluding hydrogens is 92.1 g/mol. The van der Waals surface area contributed by atoms with Crippen molar-refractivity contribution in [1.29, 1.82) is 0 Å². The molecule has 0 aliphatic heterocycles. The molecule has 0 aromatic carbocycles. The van der Waals surface area contributed by atoms with E-state index in [1.807, 2.05) is 0 Å². The van der Waals surface area contributed by atoms with Crippen molar-refractivity contribution >= 4 is 29.7 Å². The van der Waals surface area contributed by atoms with Crippen LogP contribution in [0.4, 0.5) is 4.79 Å². The molecule has 0 saturated heterocycles. The van der Waals surface area contributed by atoms with Crippen molar-refractivity contribution in [2.75, 3.05) is 0 Å². The maximum atomic E-state index is 9.07. The molecule has 0 fully saturated rings. The van der Waals surface area contributed by atoms with Crippen LogP contribution in [0.5, 0.6) is 0 Å². The minimum atomic E-state index is -0.667. The molecule has 0 spiro atoms. The van der Waals surface area contributed by atoms with Crippen molar-refractivity contribution in [3.05, 3.63) is 0 Å². The second-order valence-corrected chi connectivity index (χ2v) is 1.25. The fourth-order valence-corrected chi connectivity index (χ4v) is 0. The van der Waals surface area contributed by atoms with Crippen LogP contribution >= 0.6 is 0 Å². The summed E-state index contributed by atoms with van der Waals surface area (Å²) in [6.45, 7) is 0. The topological polar surface area (TPSA) is 17.1 Å². The molecule has 24 valence electrons. The summed E-state index contributed by atoms with van der Waals surface area (Å²) in [6, 6.07) is 0. The van der Waals surface area contributed by atoms with E-state index in [1.165, 1.54) is 0 Å². The highest BCUT2D eigenvalue weighted by molar-refractivity contribution is 8.04. The first-order valence-electron chi connectivity index (χ1n) is 0.612. The SMILES string of the molecule is O=C([S-])[S-]. The Bertz CT molecular complexity index is 29.0. The Kier molecular flexibility index (Phi) is 1.47. The van der Waals surface area contributed by atoms with E-state index in [1.54, 1.807) is 0 Å². The van der Waals surface area contributed by atoms with Crippen LogP contribution < -0.4 is 0 Å². The van der Waals surface area contributed by atoms with E-state index in [4.69, 9.17) is 4.79 Å². The fraction of sp³-hybridized carbons (Fsp3) is 0. The molecule has 0 heterocycles. The Hall–Kier alpha value is 0.110. The molecule has 0 atom stereocenters. The van der Waals surface area contributed by atoms with Crippen molar-refractivity contribution in [2.45, 2.75) is 0 Å². The third-order valence-corrected chi connectivity index (χ3v) is 0. The van der Waals surface area contributed by atoms with Gasteiger partial charge < -0.3 is 30.1 Å². The Labute approximate surface area is 35.2 Å². The first-order chi connectivity index (χ1) is 1.73. The first-order valence-corrected chi connectivity index (χ1v) is 1.43. The van der Waals surface area contributed by atoms with E-state index in [0.717, 1.165) is 0 Å². The highest BCUT2D eigenvalue weighted by Gasteiger charge is 1.21. The lowest BCUT2D eigenvalue weighted by Crippen LogP contribution is -1.69. The van der Waals surface area contributed by atoms with Gasteiger partial charge in [0.1, 0.15) is 0 Å². The minimum Gasteiger partial charge on any atom is -0.767 e. The van der Waals surface area contributed by atoms with Gasteiger partial charge in [0.25, 0.3) is 0 Å². The van der Waals surface area contributed by atoms with Crippen molar-refractivity contribution < 1.29 is 4.79 Å². The molecule has 0 unspecified atom stereocenters. The van der Waals surface area contributed by atoms with Gasteiger partial charge in [0.15, 0.2) is 0 Å². The van der Waals surface area contributed by atoms with E-state index >= 15 is 0 Å². The van der Waals surface area contributed by atoms with Crippen molar-refractivity contribution in [2.24, 2.45) is 0 Å². The zero-order valence-electron chi connectivity index (χ0n) is 1.72. The van der Waals surface area contributed by atoms with Crippen LogP contribution in [0.2, 0.25) is 0 Å². The average Bonchev–Trinajstić information content (AvgIpc) is 0.811. The van der Waals surface area contributed by atoms with Gasteiger partial charge in [-0.15, -0.1) is 4.45 Å². The van der Waals surface area contributed by atoms with Gasteiger partial charge in [-0.3, -0.25) is 0 Å². The van der Waals surface area contributed by atoms with Gasteiger partial charge in [0.2, 0.25) is 0 Å². The second-order valence-electron chi connectivity index (χ2n) is 0.250. The predicted molar refractivity (Wildman–Crippen MR) is 20.1 cm³/mol. The Morgan fingerprint density at radius 2 is 1.50 bits per heavy atom. The highest BCUT2D eigenvalue weighted by atomic mass is 32.2. The molecule has 0 bridgehead atoms. The highest BCUT2D eigenvalue weighted by Crippen LogP contribution is 1.52. The van der Waals surface area contributed by atoms with E-state index in [2.05, 4.69) is 25.3 Å². The number of hydrogen-bond acceptors (Lipinski definition) is 3. The molecule has 0 N–H and O–H groups in total. The maximum absolute atomic E-state index is 9.07. The Morgan fingerprint density at radius 1 is 1.50 bits per heavy atom. The fourth-order valence-electron chi connectivity index (χ4n) is 0. The van der Waals surface area contributed by atoms with Gasteiger partial charge in [0.05, 0.1) is 0 Å². The maximum Gasteiger partial charge on any atom is -0.116 e. The molecule has 0 rings (SSSR count). The molecule has 4 heavy (non-hydrogen) atoms. The summed E-state index contributed by atoms with van der Waals surface area (Å²) < 4.78 is -0.667. The molecule has 0 aliphatic carbocycles. The Balaban J connectivity index is 2.80. The predicted octanol–water partition coefficient (Wildman–Crippen LogP) is 0.200. The monoisotopic (exact) mass is 91.9 g/mol. The lowest BCUT2D eigenvalue weighted by Gasteiger charge is -2.02. The number of carbonyl (C=O) groups is 1. The van der Waals surface area contributed by atoms with E-state index in [0.29, 0.717) is 0 Å². The van der Waals surface area contributed by atoms with Crippen LogP contribution in [0.25, 0.3) is 0 Å². The zero-order valence-corrected chi connectivity index (χ0v) is 3.36. The van der Waals surface area contributed by atoms with E-state index in [-0.39, 0.29) is 0 Å². The molecule has 0 aliphatic rings. The quantitative estimate of drug-likeness (QED) is 0.397. The number of rotatable bonds is 0. The summed E-state index contributed by atoms with van der Waals surface area (Å²) in [5, 5.41) is 0. The second kappa shape index (κ2) is 1.43. The van der Waals surface area contributed by atoms with Gasteiger partial charge in [0, 0.05) is 0 Å². The van der Waals surface area contributed by atoms with Gasteiger partial charge in [-0.1, -0.05) is 0 Å². The van der Waals surface area contributed by atoms with Crippen LogP contribution in [0, 0.1) is 0 Å². The standard InChI is InChI=1S/CH2OS2/c2-1(3)4/h(H2,2,3,4)/p-2. The third-order valence-electron chi connectivity index (χ3n) is 0.